The fourth-order valence-corrected chi connectivity index (χ4v) is 3.32. The van der Waals surface area contributed by atoms with E-state index in [-0.39, 0.29) is 29.8 Å². The number of rotatable bonds is 7. The second-order valence-electron chi connectivity index (χ2n) is 7.32. The van der Waals surface area contributed by atoms with Crippen molar-refractivity contribution in [3.05, 3.63) is 63.3 Å². The summed E-state index contributed by atoms with van der Waals surface area (Å²) in [6, 6.07) is 8.81. The van der Waals surface area contributed by atoms with E-state index in [1.54, 1.807) is 0 Å². The maximum absolute atomic E-state index is 12.4. The van der Waals surface area contributed by atoms with Crippen LogP contribution in [0.15, 0.2) is 50.6 Å². The Balaban J connectivity index is 1.41. The molecule has 1 amide bonds. The molecule has 11 heteroatoms. The minimum absolute atomic E-state index is 0.0915. The second-order valence-corrected chi connectivity index (χ2v) is 7.32. The molecule has 33 heavy (non-hydrogen) atoms. The number of hydrogen-bond donors (Lipinski definition) is 1. The number of nitrogens with zero attached hydrogens (tertiary/aromatic N) is 5. The summed E-state index contributed by atoms with van der Waals surface area (Å²) in [6.45, 7) is 2.50. The van der Waals surface area contributed by atoms with Gasteiger partial charge >= 0.3 is 5.69 Å². The minimum Gasteiger partial charge on any atom is -0.494 e. The summed E-state index contributed by atoms with van der Waals surface area (Å²) in [5.41, 5.74) is 0.416. The summed E-state index contributed by atoms with van der Waals surface area (Å²) >= 11 is 0. The summed E-state index contributed by atoms with van der Waals surface area (Å²) < 4.78 is 12.9. The fourth-order valence-electron chi connectivity index (χ4n) is 3.32. The zero-order chi connectivity index (χ0) is 23.5. The average molecular weight is 450 g/mol. The number of amides is 1. The molecule has 0 fully saturated rings. The zero-order valence-electron chi connectivity index (χ0n) is 18.4. The van der Waals surface area contributed by atoms with Gasteiger partial charge < -0.3 is 14.6 Å². The summed E-state index contributed by atoms with van der Waals surface area (Å²) in [5.74, 6) is 1.20. The number of carbonyl (C=O) groups excluding carboxylic acids is 1. The van der Waals surface area contributed by atoms with Crippen LogP contribution in [0.25, 0.3) is 22.4 Å². The lowest BCUT2D eigenvalue weighted by Gasteiger charge is -2.09. The molecule has 1 aromatic carbocycles. The number of nitrogens with one attached hydrogen (secondary N) is 1. The van der Waals surface area contributed by atoms with Gasteiger partial charge in [-0.05, 0) is 37.3 Å². The number of pyridine rings is 1. The van der Waals surface area contributed by atoms with E-state index in [0.717, 1.165) is 15.9 Å². The Morgan fingerprint density at radius 3 is 2.64 bits per heavy atom. The molecule has 0 aliphatic heterocycles. The molecule has 4 rings (SSSR count). The van der Waals surface area contributed by atoms with Gasteiger partial charge in [0.2, 0.25) is 17.6 Å². The maximum atomic E-state index is 12.4. The van der Waals surface area contributed by atoms with Crippen molar-refractivity contribution in [3.63, 3.8) is 0 Å². The van der Waals surface area contributed by atoms with Crippen molar-refractivity contribution in [2.45, 2.75) is 19.8 Å². The normalized spacial score (nSPS) is 11.0. The van der Waals surface area contributed by atoms with Crippen LogP contribution in [0.4, 0.5) is 5.69 Å². The van der Waals surface area contributed by atoms with Crippen molar-refractivity contribution in [3.8, 4) is 17.1 Å². The highest BCUT2D eigenvalue weighted by molar-refractivity contribution is 5.92. The number of anilines is 1. The van der Waals surface area contributed by atoms with Crippen molar-refractivity contribution in [1.29, 1.82) is 0 Å². The first kappa shape index (κ1) is 21.9. The molecule has 1 N–H and O–H groups in total. The number of aryl methyl sites for hydroxylation is 2. The van der Waals surface area contributed by atoms with E-state index in [1.807, 2.05) is 31.2 Å². The van der Waals surface area contributed by atoms with Gasteiger partial charge in [0, 0.05) is 32.5 Å². The molecular weight excluding hydrogens is 428 g/mol. The Bertz CT molecular complexity index is 1430. The molecule has 11 nitrogen and oxygen atoms in total. The number of aromatic nitrogens is 5. The van der Waals surface area contributed by atoms with Gasteiger partial charge in [-0.2, -0.15) is 4.98 Å². The first-order valence-electron chi connectivity index (χ1n) is 10.3. The van der Waals surface area contributed by atoms with E-state index in [9.17, 15) is 14.4 Å². The van der Waals surface area contributed by atoms with Crippen molar-refractivity contribution >= 4 is 22.6 Å². The minimum atomic E-state index is -0.482. The van der Waals surface area contributed by atoms with E-state index >= 15 is 0 Å². The molecule has 0 spiro atoms. The number of hydrogen-bond acceptors (Lipinski definition) is 8. The number of fused-ring (bicyclic) bond motifs is 1. The number of ether oxygens (including phenoxy) is 1. The molecule has 0 saturated heterocycles. The van der Waals surface area contributed by atoms with Crippen LogP contribution in [-0.4, -0.2) is 36.8 Å². The molecule has 0 radical (unpaired) electrons. The molecular formula is C22H22N6O5. The zero-order valence-corrected chi connectivity index (χ0v) is 18.4. The van der Waals surface area contributed by atoms with Gasteiger partial charge in [0.1, 0.15) is 11.4 Å². The van der Waals surface area contributed by atoms with Gasteiger partial charge in [-0.1, -0.05) is 5.16 Å². The smallest absolute Gasteiger partial charge is 0.332 e. The topological polar surface area (TPSA) is 134 Å². The van der Waals surface area contributed by atoms with E-state index in [1.165, 1.54) is 30.9 Å². The Labute approximate surface area is 187 Å². The number of benzene rings is 1. The molecule has 0 unspecified atom stereocenters. The molecule has 0 atom stereocenters. The third-order valence-corrected chi connectivity index (χ3v) is 5.03. The summed E-state index contributed by atoms with van der Waals surface area (Å²) in [7, 11) is 2.92. The quantitative estimate of drug-likeness (QED) is 0.449. The molecule has 3 heterocycles. The molecule has 0 bridgehead atoms. The monoisotopic (exact) mass is 450 g/mol. The second kappa shape index (κ2) is 9.07. The lowest BCUT2D eigenvalue weighted by atomic mass is 10.2. The Morgan fingerprint density at radius 1 is 1.15 bits per heavy atom. The van der Waals surface area contributed by atoms with Crippen LogP contribution >= 0.6 is 0 Å². The Morgan fingerprint density at radius 2 is 1.91 bits per heavy atom. The van der Waals surface area contributed by atoms with Gasteiger partial charge in [0.05, 0.1) is 23.9 Å². The van der Waals surface area contributed by atoms with Crippen molar-refractivity contribution in [2.24, 2.45) is 14.1 Å². The predicted molar refractivity (Wildman–Crippen MR) is 120 cm³/mol. The third-order valence-electron chi connectivity index (χ3n) is 5.03. The predicted octanol–water partition coefficient (Wildman–Crippen LogP) is 1.65. The standard InChI is InChI=1S/C22H22N6O5/c1-4-32-15-7-5-13(6-8-15)19-25-18(33-26-19)10-9-17(29)24-14-11-16-20(23-12-14)27(2)22(31)28(3)21(16)30/h5-8,11-12H,4,9-10H2,1-3H3,(H,24,29). The molecule has 0 saturated carbocycles. The molecule has 0 aliphatic carbocycles. The number of carbonyl (C=O) groups is 1. The van der Waals surface area contributed by atoms with Crippen molar-refractivity contribution in [2.75, 3.05) is 11.9 Å². The van der Waals surface area contributed by atoms with Crippen molar-refractivity contribution < 1.29 is 14.1 Å². The van der Waals surface area contributed by atoms with Crippen LogP contribution in [0.2, 0.25) is 0 Å². The van der Waals surface area contributed by atoms with Crippen LogP contribution in [0.3, 0.4) is 0 Å². The molecule has 4 aromatic rings. The van der Waals surface area contributed by atoms with Gasteiger partial charge in [0.15, 0.2) is 0 Å². The summed E-state index contributed by atoms with van der Waals surface area (Å²) in [6.07, 6.45) is 1.73. The van der Waals surface area contributed by atoms with Crippen LogP contribution in [0.5, 0.6) is 5.75 Å². The van der Waals surface area contributed by atoms with Crippen molar-refractivity contribution in [1.82, 2.24) is 24.3 Å². The summed E-state index contributed by atoms with van der Waals surface area (Å²) in [5, 5.41) is 6.89. The van der Waals surface area contributed by atoms with E-state index in [2.05, 4.69) is 20.4 Å². The highest BCUT2D eigenvalue weighted by Gasteiger charge is 2.13. The third kappa shape index (κ3) is 4.52. The maximum Gasteiger partial charge on any atom is 0.332 e. The first-order chi connectivity index (χ1) is 15.9. The fraction of sp³-hybridized carbons (Fsp3) is 0.273. The van der Waals surface area contributed by atoms with E-state index < -0.39 is 11.2 Å². The molecule has 0 aliphatic rings. The molecule has 3 aromatic heterocycles. The van der Waals surface area contributed by atoms with Gasteiger partial charge in [-0.3, -0.25) is 18.7 Å². The Hall–Kier alpha value is -4.28. The van der Waals surface area contributed by atoms with Gasteiger partial charge in [0.25, 0.3) is 5.56 Å². The van der Waals surface area contributed by atoms with Crippen LogP contribution in [0.1, 0.15) is 19.2 Å². The highest BCUT2D eigenvalue weighted by Crippen LogP contribution is 2.20. The molecule has 170 valence electrons. The first-order valence-corrected chi connectivity index (χ1v) is 10.3. The summed E-state index contributed by atoms with van der Waals surface area (Å²) in [4.78, 5) is 45.3. The SMILES string of the molecule is CCOc1ccc(-c2noc(CCC(=O)Nc3cnc4c(c3)c(=O)n(C)c(=O)n4C)n2)cc1. The van der Waals surface area contributed by atoms with Crippen LogP contribution < -0.4 is 21.3 Å². The lowest BCUT2D eigenvalue weighted by Crippen LogP contribution is -2.37. The van der Waals surface area contributed by atoms with E-state index in [0.29, 0.717) is 24.0 Å². The van der Waals surface area contributed by atoms with Crippen LogP contribution in [-0.2, 0) is 25.3 Å². The highest BCUT2D eigenvalue weighted by atomic mass is 16.5. The Kier molecular flexibility index (Phi) is 6.03. The lowest BCUT2D eigenvalue weighted by molar-refractivity contribution is -0.116. The largest absolute Gasteiger partial charge is 0.494 e. The van der Waals surface area contributed by atoms with E-state index in [4.69, 9.17) is 9.26 Å². The van der Waals surface area contributed by atoms with Gasteiger partial charge in [-0.25, -0.2) is 9.78 Å². The average Bonchev–Trinajstić information content (AvgIpc) is 3.30. The van der Waals surface area contributed by atoms with Gasteiger partial charge in [-0.15, -0.1) is 0 Å². The van der Waals surface area contributed by atoms with Crippen LogP contribution in [0, 0.1) is 0 Å².